The smallest absolute Gasteiger partial charge is 0.434 e. The summed E-state index contributed by atoms with van der Waals surface area (Å²) >= 11 is 0. The van der Waals surface area contributed by atoms with Crippen LogP contribution in [0.1, 0.15) is 33.3 Å². The summed E-state index contributed by atoms with van der Waals surface area (Å²) in [6.45, 7) is 6.83. The SMILES string of the molecule is CC(C)COC(=O)OCOP(=O)(OCOC(=O)OCC(C)C)OCn1cc(CCN(C)C)c2ccccc21. The number of likely N-dealkylation sites (N-methyl/N-ethyl adjacent to an activating group) is 1. The standard InChI is InChI=1S/C25H39N2O10P/c1-19(2)14-31-24(28)33-17-36-38(30,37-18-34-25(29)32-15-20(3)4)35-16-27-13-21(11-12-26(5)6)22-9-7-8-10-23(22)27/h7-10,13,19-20H,11-12,14-18H2,1-6H3. The maximum absolute atomic E-state index is 13.3. The second kappa shape index (κ2) is 15.7. The predicted octanol–water partition coefficient (Wildman–Crippen LogP) is 5.39. The highest BCUT2D eigenvalue weighted by molar-refractivity contribution is 7.48. The Balaban J connectivity index is 2.07. The number of fused-ring (bicyclic) bond motifs is 1. The average molecular weight is 559 g/mol. The molecule has 1 aromatic heterocycles. The number of carbonyl (C=O) groups excluding carboxylic acids is 2. The van der Waals surface area contributed by atoms with Gasteiger partial charge in [0.2, 0.25) is 13.6 Å². The second-order valence-corrected chi connectivity index (χ2v) is 11.3. The molecule has 0 aliphatic rings. The van der Waals surface area contributed by atoms with Gasteiger partial charge in [0.25, 0.3) is 0 Å². The first kappa shape index (κ1) is 31.6. The largest absolute Gasteiger partial charge is 0.510 e. The van der Waals surface area contributed by atoms with Crippen molar-refractivity contribution in [3.63, 3.8) is 0 Å². The van der Waals surface area contributed by atoms with Crippen molar-refractivity contribution in [3.05, 3.63) is 36.0 Å². The summed E-state index contributed by atoms with van der Waals surface area (Å²) < 4.78 is 50.2. The van der Waals surface area contributed by atoms with E-state index < -0.39 is 33.7 Å². The second-order valence-electron chi connectivity index (χ2n) is 9.59. The zero-order valence-corrected chi connectivity index (χ0v) is 23.8. The molecule has 12 nitrogen and oxygen atoms in total. The average Bonchev–Trinajstić information content (AvgIpc) is 3.21. The molecule has 2 aromatic rings. The Hall–Kier alpha value is -2.63. The Kier molecular flexibility index (Phi) is 13.1. The van der Waals surface area contributed by atoms with E-state index in [1.165, 1.54) is 0 Å². The molecule has 0 atom stereocenters. The van der Waals surface area contributed by atoms with Crippen LogP contribution >= 0.6 is 7.82 Å². The first-order valence-electron chi connectivity index (χ1n) is 12.3. The van der Waals surface area contributed by atoms with Crippen LogP contribution in [0.5, 0.6) is 0 Å². The molecule has 0 saturated carbocycles. The van der Waals surface area contributed by atoms with E-state index in [4.69, 9.17) is 32.5 Å². The van der Waals surface area contributed by atoms with E-state index in [1.807, 2.05) is 72.3 Å². The number of phosphoric ester groups is 1. The number of hydrogen-bond acceptors (Lipinski definition) is 11. The normalized spacial score (nSPS) is 11.9. The highest BCUT2D eigenvalue weighted by Gasteiger charge is 2.29. The number of rotatable bonds is 16. The first-order chi connectivity index (χ1) is 18.0. The Bertz CT molecular complexity index is 1040. The summed E-state index contributed by atoms with van der Waals surface area (Å²) in [5.74, 6) is 0.209. The number of para-hydroxylation sites is 1. The van der Waals surface area contributed by atoms with Gasteiger partial charge in [-0.2, -0.15) is 0 Å². The van der Waals surface area contributed by atoms with Crippen LogP contribution in [0.4, 0.5) is 9.59 Å². The third-order valence-corrected chi connectivity index (χ3v) is 6.17. The number of ether oxygens (including phenoxy) is 4. The Morgan fingerprint density at radius 1 is 0.868 bits per heavy atom. The lowest BCUT2D eigenvalue weighted by molar-refractivity contribution is -0.0442. The number of phosphoric acid groups is 1. The zero-order valence-electron chi connectivity index (χ0n) is 22.9. The van der Waals surface area contributed by atoms with Gasteiger partial charge in [0, 0.05) is 18.1 Å². The van der Waals surface area contributed by atoms with Gasteiger partial charge in [-0.3, -0.25) is 4.52 Å². The first-order valence-corrected chi connectivity index (χ1v) is 13.8. The molecule has 0 aliphatic heterocycles. The number of hydrogen-bond donors (Lipinski definition) is 0. The van der Waals surface area contributed by atoms with Crippen LogP contribution in [-0.4, -0.2) is 69.2 Å². The monoisotopic (exact) mass is 558 g/mol. The van der Waals surface area contributed by atoms with Gasteiger partial charge >= 0.3 is 20.1 Å². The summed E-state index contributed by atoms with van der Waals surface area (Å²) in [6.07, 6.45) is 0.698. The summed E-state index contributed by atoms with van der Waals surface area (Å²) in [5.41, 5.74) is 1.94. The van der Waals surface area contributed by atoms with Crippen LogP contribution in [0.3, 0.4) is 0 Å². The molecule has 0 aliphatic carbocycles. The van der Waals surface area contributed by atoms with E-state index in [2.05, 4.69) is 4.90 Å². The molecule has 1 heterocycles. The van der Waals surface area contributed by atoms with Crippen molar-refractivity contribution in [3.8, 4) is 0 Å². The third kappa shape index (κ3) is 11.4. The minimum atomic E-state index is -4.37. The summed E-state index contributed by atoms with van der Waals surface area (Å²) in [5, 5.41) is 1.03. The van der Waals surface area contributed by atoms with E-state index >= 15 is 0 Å². The van der Waals surface area contributed by atoms with Gasteiger partial charge in [-0.1, -0.05) is 45.9 Å². The van der Waals surface area contributed by atoms with Crippen molar-refractivity contribution >= 4 is 31.0 Å². The molecule has 0 bridgehead atoms. The molecule has 214 valence electrons. The summed E-state index contributed by atoms with van der Waals surface area (Å²) in [7, 11) is -0.378. The minimum absolute atomic E-state index is 0.104. The molecule has 0 amide bonds. The van der Waals surface area contributed by atoms with Crippen molar-refractivity contribution in [1.29, 1.82) is 0 Å². The molecular formula is C25H39N2O10P. The Morgan fingerprint density at radius 2 is 1.42 bits per heavy atom. The van der Waals surface area contributed by atoms with Gasteiger partial charge < -0.3 is 28.4 Å². The van der Waals surface area contributed by atoms with E-state index in [0.717, 1.165) is 29.4 Å². The van der Waals surface area contributed by atoms with Crippen molar-refractivity contribution in [2.45, 2.75) is 40.8 Å². The molecule has 0 saturated heterocycles. The van der Waals surface area contributed by atoms with Crippen LogP contribution in [0, 0.1) is 11.8 Å². The van der Waals surface area contributed by atoms with E-state index in [9.17, 15) is 14.2 Å². The van der Waals surface area contributed by atoms with Crippen molar-refractivity contribution in [1.82, 2.24) is 9.47 Å². The molecule has 0 fully saturated rings. The third-order valence-electron chi connectivity index (χ3n) is 4.90. The van der Waals surface area contributed by atoms with E-state index in [0.29, 0.717) is 0 Å². The molecule has 0 radical (unpaired) electrons. The van der Waals surface area contributed by atoms with Crippen LogP contribution in [0.2, 0.25) is 0 Å². The highest BCUT2D eigenvalue weighted by Crippen LogP contribution is 2.50. The highest BCUT2D eigenvalue weighted by atomic mass is 31.2. The van der Waals surface area contributed by atoms with Crippen LogP contribution in [0.25, 0.3) is 10.9 Å². The number of nitrogens with zero attached hydrogens (tertiary/aromatic N) is 2. The quantitative estimate of drug-likeness (QED) is 0.150. The molecule has 0 spiro atoms. The van der Waals surface area contributed by atoms with Gasteiger partial charge in [0.05, 0.1) is 18.7 Å². The maximum Gasteiger partial charge on any atom is 0.510 e. The molecule has 13 heteroatoms. The van der Waals surface area contributed by atoms with Crippen molar-refractivity contribution < 1.29 is 46.7 Å². The number of benzene rings is 1. The zero-order chi connectivity index (χ0) is 28.1. The molecule has 1 aromatic carbocycles. The Morgan fingerprint density at radius 3 is 1.95 bits per heavy atom. The van der Waals surface area contributed by atoms with E-state index in [1.54, 1.807) is 4.57 Å². The van der Waals surface area contributed by atoms with Crippen LogP contribution in [0.15, 0.2) is 30.5 Å². The fourth-order valence-corrected chi connectivity index (χ4v) is 3.90. The topological polar surface area (TPSA) is 124 Å². The molecule has 0 unspecified atom stereocenters. The Labute approximate surface area is 223 Å². The van der Waals surface area contributed by atoms with Gasteiger partial charge in [-0.05, 0) is 44.0 Å². The molecular weight excluding hydrogens is 519 g/mol. The van der Waals surface area contributed by atoms with Crippen LogP contribution in [-0.2, 0) is 50.2 Å². The predicted molar refractivity (Wildman–Crippen MR) is 139 cm³/mol. The van der Waals surface area contributed by atoms with Crippen LogP contribution < -0.4 is 0 Å². The molecule has 2 rings (SSSR count). The summed E-state index contributed by atoms with van der Waals surface area (Å²) in [4.78, 5) is 25.5. The lowest BCUT2D eigenvalue weighted by Crippen LogP contribution is -2.16. The van der Waals surface area contributed by atoms with Gasteiger partial charge in [0.1, 0.15) is 6.73 Å². The van der Waals surface area contributed by atoms with Crippen molar-refractivity contribution in [2.75, 3.05) is 47.4 Å². The number of carbonyl (C=O) groups is 2. The number of aromatic nitrogens is 1. The van der Waals surface area contributed by atoms with Gasteiger partial charge in [-0.25, -0.2) is 23.2 Å². The van der Waals surface area contributed by atoms with Crippen molar-refractivity contribution in [2.24, 2.45) is 11.8 Å². The fraction of sp³-hybridized carbons (Fsp3) is 0.600. The lowest BCUT2D eigenvalue weighted by atomic mass is 10.1. The summed E-state index contributed by atoms with van der Waals surface area (Å²) in [6, 6.07) is 7.73. The molecule has 0 N–H and O–H groups in total. The lowest BCUT2D eigenvalue weighted by Gasteiger charge is -2.18. The van der Waals surface area contributed by atoms with Gasteiger partial charge in [0.15, 0.2) is 0 Å². The molecule has 38 heavy (non-hydrogen) atoms. The maximum atomic E-state index is 13.3. The van der Waals surface area contributed by atoms with E-state index in [-0.39, 0.29) is 31.8 Å². The fourth-order valence-electron chi connectivity index (χ4n) is 3.05. The van der Waals surface area contributed by atoms with Gasteiger partial charge in [-0.15, -0.1) is 0 Å². The minimum Gasteiger partial charge on any atom is -0.434 e.